The van der Waals surface area contributed by atoms with Gasteiger partial charge in [0.1, 0.15) is 0 Å². The van der Waals surface area contributed by atoms with Gasteiger partial charge in [0.15, 0.2) is 0 Å². The van der Waals surface area contributed by atoms with Crippen LogP contribution in [0.5, 0.6) is 0 Å². The summed E-state index contributed by atoms with van der Waals surface area (Å²) in [6, 6.07) is 0.438. The molecule has 3 nitrogen and oxygen atoms in total. The average molecular weight is 195 g/mol. The van der Waals surface area contributed by atoms with Crippen molar-refractivity contribution < 1.29 is 0 Å². The molecule has 1 heterocycles. The smallest absolute Gasteiger partial charge is 0.225 e. The Labute approximate surface area is 87.2 Å². The van der Waals surface area contributed by atoms with Gasteiger partial charge in [0, 0.05) is 25.5 Å². The fraction of sp³-hybridized carbons (Fsp3) is 0.636. The second-order valence-corrected chi connectivity index (χ2v) is 3.27. The molecule has 0 amide bonds. The third-order valence-electron chi connectivity index (χ3n) is 1.86. The molecule has 0 radical (unpaired) electrons. The Morgan fingerprint density at radius 3 is 1.93 bits per heavy atom. The monoisotopic (exact) mass is 195 g/mol. The van der Waals surface area contributed by atoms with Gasteiger partial charge in [-0.05, 0) is 26.3 Å². The number of nitrogens with zero attached hydrogens (tertiary/aromatic N) is 3. The van der Waals surface area contributed by atoms with Crippen molar-refractivity contribution in [2.75, 3.05) is 11.9 Å². The molecule has 0 spiro atoms. The van der Waals surface area contributed by atoms with Crippen LogP contribution in [0.1, 0.15) is 33.3 Å². The summed E-state index contributed by atoms with van der Waals surface area (Å²) in [5.41, 5.74) is 1.09. The van der Waals surface area contributed by atoms with Gasteiger partial charge in [-0.2, -0.15) is 0 Å². The van der Waals surface area contributed by atoms with Crippen molar-refractivity contribution in [1.29, 1.82) is 0 Å². The van der Waals surface area contributed by atoms with Crippen LogP contribution in [0.3, 0.4) is 0 Å². The molecule has 1 aromatic heterocycles. The topological polar surface area (TPSA) is 29.0 Å². The number of rotatable bonds is 2. The van der Waals surface area contributed by atoms with Crippen LogP contribution in [0, 0.1) is 6.92 Å². The van der Waals surface area contributed by atoms with Crippen LogP contribution < -0.4 is 4.90 Å². The first-order valence-electron chi connectivity index (χ1n) is 5.12. The van der Waals surface area contributed by atoms with Crippen LogP contribution in [0.25, 0.3) is 0 Å². The maximum atomic E-state index is 4.21. The Kier molecular flexibility index (Phi) is 5.84. The molecule has 0 bridgehead atoms. The van der Waals surface area contributed by atoms with Gasteiger partial charge in [0.05, 0.1) is 0 Å². The minimum Gasteiger partial charge on any atom is -0.341 e. The quantitative estimate of drug-likeness (QED) is 0.726. The van der Waals surface area contributed by atoms with Crippen molar-refractivity contribution in [3.8, 4) is 0 Å². The Bertz CT molecular complexity index is 241. The fourth-order valence-corrected chi connectivity index (χ4v) is 0.799. The predicted octanol–water partition coefficient (Wildman–Crippen LogP) is 2.66. The highest BCUT2D eigenvalue weighted by Gasteiger charge is 2.05. The number of aromatic nitrogens is 2. The van der Waals surface area contributed by atoms with Gasteiger partial charge >= 0.3 is 0 Å². The molecular weight excluding hydrogens is 174 g/mol. The van der Waals surface area contributed by atoms with Gasteiger partial charge in [0.2, 0.25) is 5.95 Å². The van der Waals surface area contributed by atoms with Gasteiger partial charge in [-0.3, -0.25) is 0 Å². The molecule has 0 N–H and O–H groups in total. The van der Waals surface area contributed by atoms with Crippen LogP contribution in [0.2, 0.25) is 0 Å². The van der Waals surface area contributed by atoms with Crippen molar-refractivity contribution in [1.82, 2.24) is 9.97 Å². The Balaban J connectivity index is 0.000000791. The maximum absolute atomic E-state index is 4.21. The standard InChI is InChI=1S/C9H15N3.C2H6/c1-7(2)12(4)9-10-5-8(3)6-11-9;1-2/h5-7H,1-4H3;1-2H3. The molecule has 0 aromatic carbocycles. The highest BCUT2D eigenvalue weighted by Crippen LogP contribution is 2.07. The van der Waals surface area contributed by atoms with Crippen molar-refractivity contribution in [2.24, 2.45) is 0 Å². The average Bonchev–Trinajstić information content (AvgIpc) is 2.21. The minimum atomic E-state index is 0.438. The number of aryl methyl sites for hydroxylation is 1. The molecule has 0 unspecified atom stereocenters. The zero-order chi connectivity index (χ0) is 11.1. The molecule has 80 valence electrons. The Morgan fingerprint density at radius 2 is 1.57 bits per heavy atom. The summed E-state index contributed by atoms with van der Waals surface area (Å²) in [4.78, 5) is 10.5. The third-order valence-corrected chi connectivity index (χ3v) is 1.86. The van der Waals surface area contributed by atoms with E-state index < -0.39 is 0 Å². The van der Waals surface area contributed by atoms with E-state index in [4.69, 9.17) is 0 Å². The molecular formula is C11H21N3. The van der Waals surface area contributed by atoms with Gasteiger partial charge in [-0.25, -0.2) is 9.97 Å². The van der Waals surface area contributed by atoms with E-state index in [1.165, 1.54) is 0 Å². The van der Waals surface area contributed by atoms with E-state index >= 15 is 0 Å². The van der Waals surface area contributed by atoms with E-state index in [0.717, 1.165) is 11.5 Å². The molecule has 14 heavy (non-hydrogen) atoms. The highest BCUT2D eigenvalue weighted by molar-refractivity contribution is 5.29. The second-order valence-electron chi connectivity index (χ2n) is 3.27. The molecule has 1 aromatic rings. The van der Waals surface area contributed by atoms with Crippen molar-refractivity contribution >= 4 is 5.95 Å². The Morgan fingerprint density at radius 1 is 1.14 bits per heavy atom. The van der Waals surface area contributed by atoms with Crippen LogP contribution in [0.15, 0.2) is 12.4 Å². The van der Waals surface area contributed by atoms with Crippen molar-refractivity contribution in [3.63, 3.8) is 0 Å². The maximum Gasteiger partial charge on any atom is 0.225 e. The number of hydrogen-bond donors (Lipinski definition) is 0. The predicted molar refractivity (Wildman–Crippen MR) is 61.7 cm³/mol. The summed E-state index contributed by atoms with van der Waals surface area (Å²) in [6.07, 6.45) is 3.67. The zero-order valence-corrected chi connectivity index (χ0v) is 10.1. The van der Waals surface area contributed by atoms with Crippen LogP contribution >= 0.6 is 0 Å². The molecule has 0 aliphatic heterocycles. The Hall–Kier alpha value is -1.12. The molecule has 0 fully saturated rings. The van der Waals surface area contributed by atoms with Crippen molar-refractivity contribution in [3.05, 3.63) is 18.0 Å². The summed E-state index contributed by atoms with van der Waals surface area (Å²) in [5.74, 6) is 0.788. The molecule has 1 rings (SSSR count). The zero-order valence-electron chi connectivity index (χ0n) is 10.1. The van der Waals surface area contributed by atoms with Gasteiger partial charge in [-0.15, -0.1) is 0 Å². The fourth-order valence-electron chi connectivity index (χ4n) is 0.799. The van der Waals surface area contributed by atoms with E-state index in [0.29, 0.717) is 6.04 Å². The minimum absolute atomic E-state index is 0.438. The first kappa shape index (κ1) is 12.9. The SMILES string of the molecule is CC.Cc1cnc(N(C)C(C)C)nc1. The summed E-state index contributed by atoms with van der Waals surface area (Å²) < 4.78 is 0. The van der Waals surface area contributed by atoms with E-state index in [2.05, 4.69) is 23.8 Å². The summed E-state index contributed by atoms with van der Waals surface area (Å²) in [7, 11) is 2.00. The lowest BCUT2D eigenvalue weighted by atomic mass is 10.3. The van der Waals surface area contributed by atoms with Gasteiger partial charge < -0.3 is 4.90 Å². The van der Waals surface area contributed by atoms with Crippen LogP contribution in [-0.2, 0) is 0 Å². The van der Waals surface area contributed by atoms with Gasteiger partial charge in [0.25, 0.3) is 0 Å². The molecule has 0 aliphatic rings. The largest absolute Gasteiger partial charge is 0.341 e. The number of anilines is 1. The van der Waals surface area contributed by atoms with Crippen molar-refractivity contribution in [2.45, 2.75) is 40.7 Å². The summed E-state index contributed by atoms with van der Waals surface area (Å²) in [5, 5.41) is 0. The lowest BCUT2D eigenvalue weighted by molar-refractivity contribution is 0.728. The molecule has 0 saturated carbocycles. The molecule has 0 atom stereocenters. The normalized spacial score (nSPS) is 9.36. The van der Waals surface area contributed by atoms with Crippen LogP contribution in [0.4, 0.5) is 5.95 Å². The molecule has 0 saturated heterocycles. The van der Waals surface area contributed by atoms with E-state index in [1.54, 1.807) is 0 Å². The summed E-state index contributed by atoms with van der Waals surface area (Å²) >= 11 is 0. The van der Waals surface area contributed by atoms with Crippen LogP contribution in [-0.4, -0.2) is 23.1 Å². The van der Waals surface area contributed by atoms with E-state index in [9.17, 15) is 0 Å². The molecule has 3 heteroatoms. The first-order valence-corrected chi connectivity index (χ1v) is 5.12. The lowest BCUT2D eigenvalue weighted by Gasteiger charge is -2.20. The second kappa shape index (κ2) is 6.35. The molecule has 0 aliphatic carbocycles. The lowest BCUT2D eigenvalue weighted by Crippen LogP contribution is -2.27. The van der Waals surface area contributed by atoms with Gasteiger partial charge in [-0.1, -0.05) is 13.8 Å². The third kappa shape index (κ3) is 3.73. The number of hydrogen-bond acceptors (Lipinski definition) is 3. The van der Waals surface area contributed by atoms with E-state index in [-0.39, 0.29) is 0 Å². The summed E-state index contributed by atoms with van der Waals surface area (Å²) in [6.45, 7) is 10.2. The first-order chi connectivity index (χ1) is 6.61. The van der Waals surface area contributed by atoms with E-state index in [1.807, 2.05) is 45.1 Å². The highest BCUT2D eigenvalue weighted by atomic mass is 15.2.